The average Bonchev–Trinajstić information content (AvgIpc) is 2.84. The first-order valence-corrected chi connectivity index (χ1v) is 11.6. The van der Waals surface area contributed by atoms with E-state index in [4.69, 9.17) is 4.74 Å². The molecule has 1 fully saturated rings. The molecule has 1 aliphatic rings. The Bertz CT molecular complexity index is 1280. The number of aromatic hydroxyl groups is 1. The zero-order valence-electron chi connectivity index (χ0n) is 19.4. The maximum atomic E-state index is 12.5. The third-order valence-electron chi connectivity index (χ3n) is 6.43. The molecule has 3 N–H and O–H groups in total. The molecule has 2 aromatic carbocycles. The number of amides is 1. The van der Waals surface area contributed by atoms with E-state index in [0.717, 1.165) is 16.8 Å². The third-order valence-corrected chi connectivity index (χ3v) is 6.43. The fraction of sp³-hybridized carbons (Fsp3) is 0.296. The number of benzene rings is 2. The van der Waals surface area contributed by atoms with E-state index >= 15 is 0 Å². The minimum atomic E-state index is -1.28. The van der Waals surface area contributed by atoms with Crippen LogP contribution in [0.3, 0.4) is 0 Å². The maximum Gasteiger partial charge on any atom is 0.407 e. The second kappa shape index (κ2) is 10.5. The van der Waals surface area contributed by atoms with Gasteiger partial charge >= 0.3 is 12.1 Å². The van der Waals surface area contributed by atoms with Gasteiger partial charge < -0.3 is 24.8 Å². The number of nitrogens with zero attached hydrogens (tertiary/aromatic N) is 1. The first-order chi connectivity index (χ1) is 16.8. The van der Waals surface area contributed by atoms with E-state index in [0.29, 0.717) is 31.4 Å². The lowest BCUT2D eigenvalue weighted by atomic mass is 9.83. The van der Waals surface area contributed by atoms with Crippen molar-refractivity contribution in [3.63, 3.8) is 0 Å². The summed E-state index contributed by atoms with van der Waals surface area (Å²) in [5, 5.41) is 22.2. The van der Waals surface area contributed by atoms with Crippen molar-refractivity contribution < 1.29 is 24.5 Å². The highest BCUT2D eigenvalue weighted by Gasteiger charge is 2.27. The number of carboxylic acids is 1. The zero-order chi connectivity index (χ0) is 24.9. The van der Waals surface area contributed by atoms with Crippen molar-refractivity contribution in [2.75, 3.05) is 0 Å². The van der Waals surface area contributed by atoms with E-state index in [-0.39, 0.29) is 29.9 Å². The van der Waals surface area contributed by atoms with Gasteiger partial charge in [-0.2, -0.15) is 0 Å². The van der Waals surface area contributed by atoms with Crippen molar-refractivity contribution in [1.82, 2.24) is 9.88 Å². The topological polar surface area (TPSA) is 118 Å². The number of hydrogen-bond acceptors (Lipinski definition) is 5. The molecule has 0 aliphatic heterocycles. The van der Waals surface area contributed by atoms with Gasteiger partial charge in [-0.3, -0.25) is 4.79 Å². The fourth-order valence-corrected chi connectivity index (χ4v) is 4.61. The van der Waals surface area contributed by atoms with Crippen molar-refractivity contribution in [3.8, 4) is 11.4 Å². The standard InChI is InChI=1S/C27H28N2O6/c1-17-13-21(30)11-12-23(17)29-15-22(26(32)33)25(31)14-24(29)19-7-9-20(10-8-19)28-27(34)35-16-18-5-3-2-4-6-18/h2-6,11-15,19-20,30H,7-10,16H2,1H3,(H,28,34)(H,32,33). The quantitative estimate of drug-likeness (QED) is 0.482. The summed E-state index contributed by atoms with van der Waals surface area (Å²) in [6, 6.07) is 15.7. The number of carbonyl (C=O) groups excluding carboxylic acids is 1. The lowest BCUT2D eigenvalue weighted by molar-refractivity contribution is 0.0694. The molecule has 1 aliphatic carbocycles. The maximum absolute atomic E-state index is 12.5. The monoisotopic (exact) mass is 476 g/mol. The van der Waals surface area contributed by atoms with Crippen molar-refractivity contribution in [2.24, 2.45) is 0 Å². The van der Waals surface area contributed by atoms with Crippen LogP contribution < -0.4 is 10.7 Å². The summed E-state index contributed by atoms with van der Waals surface area (Å²) in [6.45, 7) is 2.02. The lowest BCUT2D eigenvalue weighted by Crippen LogP contribution is -2.38. The first-order valence-electron chi connectivity index (χ1n) is 11.6. The van der Waals surface area contributed by atoms with E-state index < -0.39 is 17.5 Å². The molecule has 0 saturated heterocycles. The SMILES string of the molecule is Cc1cc(O)ccc1-n1cc(C(=O)O)c(=O)cc1C1CCC(NC(=O)OCc2ccccc2)CC1. The number of alkyl carbamates (subject to hydrolysis) is 1. The van der Waals surface area contributed by atoms with Crippen LogP contribution in [-0.2, 0) is 11.3 Å². The number of rotatable bonds is 6. The highest BCUT2D eigenvalue weighted by Crippen LogP contribution is 2.34. The molecule has 1 heterocycles. The van der Waals surface area contributed by atoms with E-state index in [1.165, 1.54) is 18.3 Å². The van der Waals surface area contributed by atoms with Gasteiger partial charge in [0.2, 0.25) is 0 Å². The van der Waals surface area contributed by atoms with Crippen LogP contribution in [0.5, 0.6) is 5.75 Å². The Labute approximate surface area is 202 Å². The van der Waals surface area contributed by atoms with Crippen molar-refractivity contribution >= 4 is 12.1 Å². The van der Waals surface area contributed by atoms with Gasteiger partial charge in [0, 0.05) is 29.7 Å². The minimum absolute atomic E-state index is 0.0112. The predicted octanol–water partition coefficient (Wildman–Crippen LogP) is 4.50. The van der Waals surface area contributed by atoms with Crippen LogP contribution in [0.15, 0.2) is 65.6 Å². The molecule has 1 amide bonds. The van der Waals surface area contributed by atoms with Gasteiger partial charge in [0.25, 0.3) is 0 Å². The molecule has 1 saturated carbocycles. The Balaban J connectivity index is 1.48. The Morgan fingerprint density at radius 1 is 1.06 bits per heavy atom. The molecule has 0 unspecified atom stereocenters. The van der Waals surface area contributed by atoms with Gasteiger partial charge in [-0.15, -0.1) is 0 Å². The molecule has 4 rings (SSSR count). The molecule has 182 valence electrons. The van der Waals surface area contributed by atoms with Gasteiger partial charge in [0.15, 0.2) is 5.43 Å². The van der Waals surface area contributed by atoms with Crippen molar-refractivity contribution in [3.05, 3.63) is 93.4 Å². The van der Waals surface area contributed by atoms with Crippen LogP contribution in [0.25, 0.3) is 5.69 Å². The highest BCUT2D eigenvalue weighted by molar-refractivity contribution is 5.87. The molecule has 0 spiro atoms. The number of aromatic nitrogens is 1. The Kier molecular flexibility index (Phi) is 7.19. The van der Waals surface area contributed by atoms with Gasteiger partial charge in [0.1, 0.15) is 17.9 Å². The molecule has 35 heavy (non-hydrogen) atoms. The summed E-state index contributed by atoms with van der Waals surface area (Å²) in [6.07, 6.45) is 3.74. The van der Waals surface area contributed by atoms with Crippen LogP contribution in [0.2, 0.25) is 0 Å². The first kappa shape index (κ1) is 24.1. The summed E-state index contributed by atoms with van der Waals surface area (Å²) in [5.41, 5.74) is 2.24. The average molecular weight is 477 g/mol. The number of aryl methyl sites for hydroxylation is 1. The van der Waals surface area contributed by atoms with Crippen LogP contribution in [0, 0.1) is 6.92 Å². The van der Waals surface area contributed by atoms with Gasteiger partial charge in [0.05, 0.1) is 0 Å². The highest BCUT2D eigenvalue weighted by atomic mass is 16.5. The van der Waals surface area contributed by atoms with Crippen molar-refractivity contribution in [2.45, 2.75) is 51.2 Å². The molecule has 0 atom stereocenters. The normalized spacial score (nSPS) is 17.5. The summed E-state index contributed by atoms with van der Waals surface area (Å²) in [7, 11) is 0. The molecular weight excluding hydrogens is 448 g/mol. The van der Waals surface area contributed by atoms with Gasteiger partial charge in [-0.05, 0) is 67.9 Å². The van der Waals surface area contributed by atoms with Crippen molar-refractivity contribution in [1.29, 1.82) is 0 Å². The second-order valence-corrected chi connectivity index (χ2v) is 8.88. The zero-order valence-corrected chi connectivity index (χ0v) is 19.4. The largest absolute Gasteiger partial charge is 0.508 e. The van der Waals surface area contributed by atoms with Gasteiger partial charge in [-0.25, -0.2) is 9.59 Å². The number of aromatic carboxylic acids is 1. The third kappa shape index (κ3) is 5.71. The van der Waals surface area contributed by atoms with Gasteiger partial charge in [-0.1, -0.05) is 30.3 Å². The number of phenols is 1. The molecule has 0 bridgehead atoms. The second-order valence-electron chi connectivity index (χ2n) is 8.88. The summed E-state index contributed by atoms with van der Waals surface area (Å²) < 4.78 is 7.06. The smallest absolute Gasteiger partial charge is 0.407 e. The molecule has 0 radical (unpaired) electrons. The minimum Gasteiger partial charge on any atom is -0.508 e. The summed E-state index contributed by atoms with van der Waals surface area (Å²) in [5.74, 6) is -1.16. The predicted molar refractivity (Wildman–Crippen MR) is 130 cm³/mol. The lowest BCUT2D eigenvalue weighted by Gasteiger charge is -2.31. The number of nitrogens with one attached hydrogen (secondary N) is 1. The number of pyridine rings is 1. The molecule has 3 aromatic rings. The van der Waals surface area contributed by atoms with E-state index in [1.807, 2.05) is 37.3 Å². The van der Waals surface area contributed by atoms with E-state index in [9.17, 15) is 24.6 Å². The number of carbonyl (C=O) groups is 2. The number of hydrogen-bond donors (Lipinski definition) is 3. The Morgan fingerprint density at radius 3 is 2.43 bits per heavy atom. The number of carboxylic acid groups (broad SMARTS) is 1. The number of ether oxygens (including phenoxy) is 1. The molecule has 1 aromatic heterocycles. The Hall–Kier alpha value is -4.07. The van der Waals surface area contributed by atoms with Crippen LogP contribution in [0.1, 0.15) is 58.8 Å². The molecule has 8 nitrogen and oxygen atoms in total. The van der Waals surface area contributed by atoms with Crippen LogP contribution in [0.4, 0.5) is 4.79 Å². The number of phenolic OH excluding ortho intramolecular Hbond substituents is 1. The van der Waals surface area contributed by atoms with E-state index in [2.05, 4.69) is 5.32 Å². The Morgan fingerprint density at radius 2 is 1.77 bits per heavy atom. The fourth-order valence-electron chi connectivity index (χ4n) is 4.61. The van der Waals surface area contributed by atoms with E-state index in [1.54, 1.807) is 16.7 Å². The van der Waals surface area contributed by atoms with Crippen LogP contribution >= 0.6 is 0 Å². The molecular formula is C27H28N2O6. The van der Waals surface area contributed by atoms with Crippen LogP contribution in [-0.4, -0.2) is 32.9 Å². The molecule has 8 heteroatoms. The summed E-state index contributed by atoms with van der Waals surface area (Å²) >= 11 is 0. The summed E-state index contributed by atoms with van der Waals surface area (Å²) in [4.78, 5) is 36.4.